The van der Waals surface area contributed by atoms with Crippen LogP contribution in [0.25, 0.3) is 0 Å². The molecule has 146 valence electrons. The molecule has 0 radical (unpaired) electrons. The van der Waals surface area contributed by atoms with Crippen LogP contribution in [-0.2, 0) is 9.59 Å². The van der Waals surface area contributed by atoms with Crippen molar-refractivity contribution in [2.75, 3.05) is 35.2 Å². The van der Waals surface area contributed by atoms with Crippen LogP contribution in [0, 0.1) is 5.92 Å². The van der Waals surface area contributed by atoms with Gasteiger partial charge in [0.2, 0.25) is 5.91 Å². The third-order valence-electron chi connectivity index (χ3n) is 4.91. The average Bonchev–Trinajstić information content (AvgIpc) is 3.42. The van der Waals surface area contributed by atoms with E-state index in [1.807, 2.05) is 6.07 Å². The molecule has 7 heteroatoms. The minimum atomic E-state index is -0.283. The van der Waals surface area contributed by atoms with Crippen LogP contribution in [0.5, 0.6) is 5.75 Å². The number of carbonyl (C=O) groups excluding carboxylic acids is 2. The Morgan fingerprint density at radius 2 is 1.93 bits per heavy atom. The molecule has 2 heterocycles. The maximum atomic E-state index is 12.1. The van der Waals surface area contributed by atoms with Gasteiger partial charge in [0.1, 0.15) is 11.6 Å². The number of nitrogens with one attached hydrogen (secondary N) is 2. The summed E-state index contributed by atoms with van der Waals surface area (Å²) >= 11 is 0. The summed E-state index contributed by atoms with van der Waals surface area (Å²) in [6.07, 6.45) is 6.11. The first-order valence-electron chi connectivity index (χ1n) is 9.72. The van der Waals surface area contributed by atoms with Crippen molar-refractivity contribution in [1.29, 1.82) is 0 Å². The monoisotopic (exact) mass is 380 g/mol. The van der Waals surface area contributed by atoms with Crippen molar-refractivity contribution in [3.63, 3.8) is 0 Å². The van der Waals surface area contributed by atoms with E-state index >= 15 is 0 Å². The van der Waals surface area contributed by atoms with E-state index in [-0.39, 0.29) is 24.3 Å². The first-order valence-corrected chi connectivity index (χ1v) is 9.72. The van der Waals surface area contributed by atoms with E-state index in [9.17, 15) is 9.59 Å². The fourth-order valence-electron chi connectivity index (χ4n) is 3.20. The molecule has 7 nitrogen and oxygen atoms in total. The number of pyridine rings is 1. The van der Waals surface area contributed by atoms with Crippen LogP contribution in [0.4, 0.5) is 17.2 Å². The van der Waals surface area contributed by atoms with Crippen molar-refractivity contribution < 1.29 is 14.3 Å². The SMILES string of the molecule is O=C(COc1cccc(NC(=O)C2CC2)c1)Nc1ccc(N2CCCC2)cn1. The molecular formula is C21H24N4O3. The summed E-state index contributed by atoms with van der Waals surface area (Å²) < 4.78 is 5.54. The van der Waals surface area contributed by atoms with Gasteiger partial charge in [0.25, 0.3) is 5.91 Å². The van der Waals surface area contributed by atoms with Crippen molar-refractivity contribution in [1.82, 2.24) is 4.98 Å². The van der Waals surface area contributed by atoms with Crippen LogP contribution in [0.1, 0.15) is 25.7 Å². The van der Waals surface area contributed by atoms with Gasteiger partial charge in [0.15, 0.2) is 6.61 Å². The lowest BCUT2D eigenvalue weighted by Crippen LogP contribution is -2.21. The average molecular weight is 380 g/mol. The molecule has 0 atom stereocenters. The van der Waals surface area contributed by atoms with Gasteiger partial charge in [-0.3, -0.25) is 9.59 Å². The van der Waals surface area contributed by atoms with Crippen molar-refractivity contribution in [3.05, 3.63) is 42.6 Å². The van der Waals surface area contributed by atoms with Gasteiger partial charge in [-0.15, -0.1) is 0 Å². The van der Waals surface area contributed by atoms with Crippen LogP contribution in [0.15, 0.2) is 42.6 Å². The Kier molecular flexibility index (Phi) is 5.41. The van der Waals surface area contributed by atoms with Gasteiger partial charge < -0.3 is 20.3 Å². The number of amides is 2. The maximum absolute atomic E-state index is 12.1. The van der Waals surface area contributed by atoms with Gasteiger partial charge in [-0.2, -0.15) is 0 Å². The molecule has 28 heavy (non-hydrogen) atoms. The molecule has 2 N–H and O–H groups in total. The number of carbonyl (C=O) groups is 2. The molecule has 2 aromatic rings. The highest BCUT2D eigenvalue weighted by Crippen LogP contribution is 2.30. The Morgan fingerprint density at radius 3 is 2.64 bits per heavy atom. The number of hydrogen-bond acceptors (Lipinski definition) is 5. The maximum Gasteiger partial charge on any atom is 0.263 e. The van der Waals surface area contributed by atoms with E-state index in [4.69, 9.17) is 4.74 Å². The van der Waals surface area contributed by atoms with Crippen molar-refractivity contribution >= 4 is 29.0 Å². The van der Waals surface area contributed by atoms with Crippen LogP contribution < -0.4 is 20.3 Å². The van der Waals surface area contributed by atoms with E-state index in [0.717, 1.165) is 31.6 Å². The Hall–Kier alpha value is -3.09. The van der Waals surface area contributed by atoms with E-state index in [1.54, 1.807) is 36.5 Å². The van der Waals surface area contributed by atoms with Crippen LogP contribution in [0.3, 0.4) is 0 Å². The van der Waals surface area contributed by atoms with Gasteiger partial charge in [0.05, 0.1) is 11.9 Å². The molecular weight excluding hydrogens is 356 g/mol. The highest BCUT2D eigenvalue weighted by atomic mass is 16.5. The minimum Gasteiger partial charge on any atom is -0.484 e. The molecule has 0 unspecified atom stereocenters. The van der Waals surface area contributed by atoms with Gasteiger partial charge in [0, 0.05) is 30.8 Å². The van der Waals surface area contributed by atoms with Crippen molar-refractivity contribution in [3.8, 4) is 5.75 Å². The smallest absolute Gasteiger partial charge is 0.263 e. The molecule has 2 amide bonds. The van der Waals surface area contributed by atoms with Crippen molar-refractivity contribution in [2.24, 2.45) is 5.92 Å². The standard InChI is InChI=1S/C21H24N4O3/c26-20(24-19-9-8-17(13-22-19)25-10-1-2-11-25)14-28-18-5-3-4-16(12-18)23-21(27)15-6-7-15/h3-5,8-9,12-13,15H,1-2,6-7,10-11,14H2,(H,23,27)(H,22,24,26). The second-order valence-corrected chi connectivity index (χ2v) is 7.22. The molecule has 0 spiro atoms. The lowest BCUT2D eigenvalue weighted by molar-refractivity contribution is -0.118. The van der Waals surface area contributed by atoms with E-state index < -0.39 is 0 Å². The summed E-state index contributed by atoms with van der Waals surface area (Å²) in [6, 6.07) is 10.8. The molecule has 2 fully saturated rings. The highest BCUT2D eigenvalue weighted by Gasteiger charge is 2.29. The van der Waals surface area contributed by atoms with Gasteiger partial charge >= 0.3 is 0 Å². The fraction of sp³-hybridized carbons (Fsp3) is 0.381. The Labute approximate surface area is 164 Å². The molecule has 2 aliphatic rings. The number of rotatable bonds is 7. The highest BCUT2D eigenvalue weighted by molar-refractivity contribution is 5.94. The first-order chi connectivity index (χ1) is 13.7. The predicted molar refractivity (Wildman–Crippen MR) is 108 cm³/mol. The minimum absolute atomic E-state index is 0.0401. The van der Waals surface area contributed by atoms with Crippen LogP contribution in [-0.4, -0.2) is 36.5 Å². The number of ether oxygens (including phenoxy) is 1. The molecule has 1 saturated heterocycles. The molecule has 1 aliphatic carbocycles. The number of hydrogen-bond donors (Lipinski definition) is 2. The van der Waals surface area contributed by atoms with Gasteiger partial charge in [-0.05, 0) is 49.9 Å². The van der Waals surface area contributed by atoms with E-state index in [2.05, 4.69) is 20.5 Å². The number of benzene rings is 1. The zero-order chi connectivity index (χ0) is 19.3. The second kappa shape index (κ2) is 8.29. The summed E-state index contributed by atoms with van der Waals surface area (Å²) in [6.45, 7) is 1.98. The normalized spacial score (nSPS) is 15.9. The van der Waals surface area contributed by atoms with E-state index in [0.29, 0.717) is 17.3 Å². The zero-order valence-electron chi connectivity index (χ0n) is 15.7. The Bertz CT molecular complexity index is 843. The van der Waals surface area contributed by atoms with Gasteiger partial charge in [-0.25, -0.2) is 4.98 Å². The number of nitrogens with zero attached hydrogens (tertiary/aromatic N) is 2. The Balaban J connectivity index is 1.26. The first kappa shape index (κ1) is 18.3. The second-order valence-electron chi connectivity index (χ2n) is 7.22. The summed E-state index contributed by atoms with van der Waals surface area (Å²) in [5.74, 6) is 0.926. The molecule has 1 saturated carbocycles. The number of aromatic nitrogens is 1. The van der Waals surface area contributed by atoms with Crippen LogP contribution in [0.2, 0.25) is 0 Å². The summed E-state index contributed by atoms with van der Waals surface area (Å²) in [5, 5.41) is 5.60. The largest absolute Gasteiger partial charge is 0.484 e. The molecule has 1 aliphatic heterocycles. The fourth-order valence-corrected chi connectivity index (χ4v) is 3.20. The molecule has 0 bridgehead atoms. The zero-order valence-corrected chi connectivity index (χ0v) is 15.7. The molecule has 1 aromatic carbocycles. The number of anilines is 3. The van der Waals surface area contributed by atoms with Crippen LogP contribution >= 0.6 is 0 Å². The molecule has 1 aromatic heterocycles. The predicted octanol–water partition coefficient (Wildman–Crippen LogP) is 3.05. The lowest BCUT2D eigenvalue weighted by Gasteiger charge is -2.17. The topological polar surface area (TPSA) is 83.6 Å². The van der Waals surface area contributed by atoms with Crippen molar-refractivity contribution in [2.45, 2.75) is 25.7 Å². The quantitative estimate of drug-likeness (QED) is 0.771. The summed E-state index contributed by atoms with van der Waals surface area (Å²) in [7, 11) is 0. The Morgan fingerprint density at radius 1 is 1.11 bits per heavy atom. The third-order valence-corrected chi connectivity index (χ3v) is 4.91. The summed E-state index contributed by atoms with van der Waals surface area (Å²) in [4.78, 5) is 30.6. The third kappa shape index (κ3) is 4.79. The molecule has 4 rings (SSSR count). The van der Waals surface area contributed by atoms with Gasteiger partial charge in [-0.1, -0.05) is 6.07 Å². The lowest BCUT2D eigenvalue weighted by atomic mass is 10.3. The summed E-state index contributed by atoms with van der Waals surface area (Å²) in [5.41, 5.74) is 1.76. The van der Waals surface area contributed by atoms with E-state index in [1.165, 1.54) is 12.8 Å².